The topological polar surface area (TPSA) is 115 Å². The molecular formula is C14H20N3O6P. The standard InChI is InChI=1S/C14H20N3O6P/c1-20-12(18)13(24(21-2)22-3)23-10-5-4-9(8-10)17-7-6-11(15)16-14(17)19/h4-7,9-10,13H,8H2,1-3H3,(H2,15,16,19)/t9-,10+,13?/m0/s1. The molecule has 1 aromatic rings. The monoisotopic (exact) mass is 357 g/mol. The molecule has 0 spiro atoms. The first-order valence-corrected chi connectivity index (χ1v) is 8.38. The number of carbonyl (C=O) groups is 1. The predicted octanol–water partition coefficient (Wildman–Crippen LogP) is 0.815. The van der Waals surface area contributed by atoms with Crippen molar-refractivity contribution in [3.63, 3.8) is 0 Å². The molecule has 2 rings (SSSR count). The highest BCUT2D eigenvalue weighted by Gasteiger charge is 2.35. The molecule has 1 aliphatic carbocycles. The Morgan fingerprint density at radius 2 is 2.08 bits per heavy atom. The number of carbonyl (C=O) groups excluding carboxylic acids is 1. The summed E-state index contributed by atoms with van der Waals surface area (Å²) in [4.78, 5) is 27.5. The molecule has 132 valence electrons. The first-order valence-electron chi connectivity index (χ1n) is 7.13. The van der Waals surface area contributed by atoms with Gasteiger partial charge in [0.05, 0.1) is 19.3 Å². The zero-order chi connectivity index (χ0) is 17.7. The summed E-state index contributed by atoms with van der Waals surface area (Å²) < 4.78 is 22.3. The highest BCUT2D eigenvalue weighted by Crippen LogP contribution is 2.44. The molecule has 0 saturated heterocycles. The Hall–Kier alpha value is -1.80. The second kappa shape index (κ2) is 8.34. The van der Waals surface area contributed by atoms with Crippen LogP contribution >= 0.6 is 8.38 Å². The molecule has 9 nitrogen and oxygen atoms in total. The van der Waals surface area contributed by atoms with E-state index in [1.807, 2.05) is 6.08 Å². The van der Waals surface area contributed by atoms with Gasteiger partial charge in [-0.05, 0) is 6.07 Å². The van der Waals surface area contributed by atoms with E-state index < -0.39 is 25.9 Å². The number of nitrogen functional groups attached to an aromatic ring is 1. The number of rotatable bonds is 7. The number of hydrogen-bond donors (Lipinski definition) is 1. The zero-order valence-corrected chi connectivity index (χ0v) is 14.5. The van der Waals surface area contributed by atoms with Crippen LogP contribution in [0.25, 0.3) is 0 Å². The lowest BCUT2D eigenvalue weighted by molar-refractivity contribution is -0.151. The van der Waals surface area contributed by atoms with E-state index in [9.17, 15) is 9.59 Å². The van der Waals surface area contributed by atoms with Crippen molar-refractivity contribution in [3.8, 4) is 0 Å². The Kier molecular flexibility index (Phi) is 6.44. The van der Waals surface area contributed by atoms with Crippen LogP contribution in [0.1, 0.15) is 12.5 Å². The first-order chi connectivity index (χ1) is 11.5. The van der Waals surface area contributed by atoms with Gasteiger partial charge >= 0.3 is 11.7 Å². The van der Waals surface area contributed by atoms with E-state index in [0.29, 0.717) is 6.42 Å². The fourth-order valence-electron chi connectivity index (χ4n) is 2.36. The summed E-state index contributed by atoms with van der Waals surface area (Å²) in [5.74, 6) is -1.38. The largest absolute Gasteiger partial charge is 0.467 e. The summed E-state index contributed by atoms with van der Waals surface area (Å²) >= 11 is 0. The maximum Gasteiger partial charge on any atom is 0.350 e. The van der Waals surface area contributed by atoms with Crippen molar-refractivity contribution in [2.24, 2.45) is 0 Å². The molecule has 10 heteroatoms. The minimum atomic E-state index is -1.59. The van der Waals surface area contributed by atoms with Gasteiger partial charge in [-0.15, -0.1) is 0 Å². The van der Waals surface area contributed by atoms with E-state index in [-0.39, 0.29) is 18.0 Å². The van der Waals surface area contributed by atoms with E-state index in [1.165, 1.54) is 25.9 Å². The average molecular weight is 357 g/mol. The zero-order valence-electron chi connectivity index (χ0n) is 13.6. The fourth-order valence-corrected chi connectivity index (χ4v) is 3.42. The molecule has 24 heavy (non-hydrogen) atoms. The van der Waals surface area contributed by atoms with Crippen LogP contribution < -0.4 is 11.4 Å². The number of nitrogens with two attached hydrogens (primary N) is 1. The van der Waals surface area contributed by atoms with Gasteiger partial charge in [-0.25, -0.2) is 9.59 Å². The summed E-state index contributed by atoms with van der Waals surface area (Å²) in [5, 5.41) is 0. The summed E-state index contributed by atoms with van der Waals surface area (Å²) in [6.07, 6.45) is 5.26. The van der Waals surface area contributed by atoms with Crippen LogP contribution in [-0.2, 0) is 23.3 Å². The van der Waals surface area contributed by atoms with Crippen molar-refractivity contribution in [2.45, 2.75) is 24.4 Å². The molecule has 0 bridgehead atoms. The number of ether oxygens (including phenoxy) is 2. The SMILES string of the molecule is COC(=O)C(O[C@@H]1C=C[C@H](n2ccc(N)nc2=O)C1)P(OC)OC. The van der Waals surface area contributed by atoms with Crippen LogP contribution in [0.15, 0.2) is 29.2 Å². The lowest BCUT2D eigenvalue weighted by Crippen LogP contribution is -2.30. The molecule has 1 heterocycles. The highest BCUT2D eigenvalue weighted by molar-refractivity contribution is 7.49. The van der Waals surface area contributed by atoms with Crippen LogP contribution in [0.3, 0.4) is 0 Å². The number of esters is 1. The van der Waals surface area contributed by atoms with Crippen LogP contribution in [0.2, 0.25) is 0 Å². The van der Waals surface area contributed by atoms with Gasteiger partial charge in [0.15, 0.2) is 0 Å². The lowest BCUT2D eigenvalue weighted by atomic mass is 10.2. The van der Waals surface area contributed by atoms with E-state index in [2.05, 4.69) is 4.98 Å². The average Bonchev–Trinajstić information content (AvgIpc) is 3.02. The molecule has 0 saturated carbocycles. The Morgan fingerprint density at radius 3 is 2.67 bits per heavy atom. The molecule has 2 N–H and O–H groups in total. The molecule has 1 unspecified atom stereocenters. The number of anilines is 1. The Bertz CT molecular complexity index is 660. The van der Waals surface area contributed by atoms with Gasteiger partial charge in [0.2, 0.25) is 14.2 Å². The van der Waals surface area contributed by atoms with Crippen molar-refractivity contribution < 1.29 is 23.3 Å². The van der Waals surface area contributed by atoms with Crippen molar-refractivity contribution in [2.75, 3.05) is 27.1 Å². The maximum atomic E-state index is 11.9. The van der Waals surface area contributed by atoms with Crippen LogP contribution in [0, 0.1) is 0 Å². The van der Waals surface area contributed by atoms with Crippen molar-refractivity contribution in [3.05, 3.63) is 34.9 Å². The predicted molar refractivity (Wildman–Crippen MR) is 87.3 cm³/mol. The highest BCUT2D eigenvalue weighted by atomic mass is 31.2. The molecule has 0 amide bonds. The number of aromatic nitrogens is 2. The summed E-state index contributed by atoms with van der Waals surface area (Å²) in [5.41, 5.74) is 5.05. The van der Waals surface area contributed by atoms with Gasteiger partial charge in [-0.1, -0.05) is 12.2 Å². The third-order valence-electron chi connectivity index (χ3n) is 3.49. The second-order valence-corrected chi connectivity index (χ2v) is 6.70. The van der Waals surface area contributed by atoms with Gasteiger partial charge in [-0.3, -0.25) is 4.57 Å². The van der Waals surface area contributed by atoms with Crippen LogP contribution in [0.4, 0.5) is 5.82 Å². The van der Waals surface area contributed by atoms with E-state index in [1.54, 1.807) is 18.3 Å². The minimum absolute atomic E-state index is 0.169. The molecule has 3 atom stereocenters. The normalized spacial score (nSPS) is 21.2. The van der Waals surface area contributed by atoms with Gasteiger partial charge in [0, 0.05) is 26.8 Å². The van der Waals surface area contributed by atoms with Gasteiger partial charge < -0.3 is 24.3 Å². The molecule has 0 aromatic carbocycles. The smallest absolute Gasteiger partial charge is 0.350 e. The summed E-state index contributed by atoms with van der Waals surface area (Å²) in [6, 6.07) is 1.32. The Balaban J connectivity index is 2.08. The minimum Gasteiger partial charge on any atom is -0.467 e. The number of nitrogens with zero attached hydrogens (tertiary/aromatic N) is 2. The van der Waals surface area contributed by atoms with E-state index in [4.69, 9.17) is 24.3 Å². The molecule has 0 fully saturated rings. The Morgan fingerprint density at radius 1 is 1.38 bits per heavy atom. The van der Waals surface area contributed by atoms with Gasteiger partial charge in [0.25, 0.3) is 0 Å². The third-order valence-corrected chi connectivity index (χ3v) is 4.92. The van der Waals surface area contributed by atoms with Crippen molar-refractivity contribution in [1.82, 2.24) is 9.55 Å². The molecule has 1 aromatic heterocycles. The number of allylic oxidation sites excluding steroid dienone is 1. The maximum absolute atomic E-state index is 11.9. The van der Waals surface area contributed by atoms with E-state index >= 15 is 0 Å². The quantitative estimate of drug-likeness (QED) is 0.433. The lowest BCUT2D eigenvalue weighted by Gasteiger charge is -2.24. The van der Waals surface area contributed by atoms with Gasteiger partial charge in [-0.2, -0.15) is 4.98 Å². The number of methoxy groups -OCH3 is 1. The molecule has 0 aliphatic heterocycles. The third kappa shape index (κ3) is 4.18. The molecular weight excluding hydrogens is 337 g/mol. The fraction of sp³-hybridized carbons (Fsp3) is 0.500. The molecule has 1 aliphatic rings. The van der Waals surface area contributed by atoms with E-state index in [0.717, 1.165) is 0 Å². The van der Waals surface area contributed by atoms with Crippen LogP contribution in [0.5, 0.6) is 0 Å². The second-order valence-electron chi connectivity index (χ2n) is 4.93. The number of hydrogen-bond acceptors (Lipinski definition) is 8. The summed E-state index contributed by atoms with van der Waals surface area (Å²) in [6.45, 7) is 0. The Labute approximate surface area is 140 Å². The first kappa shape index (κ1) is 18.5. The van der Waals surface area contributed by atoms with Gasteiger partial charge in [0.1, 0.15) is 5.82 Å². The van der Waals surface area contributed by atoms with Crippen molar-refractivity contribution >= 4 is 20.2 Å². The molecule has 0 radical (unpaired) electrons. The van der Waals surface area contributed by atoms with Crippen molar-refractivity contribution in [1.29, 1.82) is 0 Å². The van der Waals surface area contributed by atoms with Crippen LogP contribution in [-0.4, -0.2) is 48.8 Å². The summed E-state index contributed by atoms with van der Waals surface area (Å²) in [7, 11) is 2.54.